The lowest BCUT2D eigenvalue weighted by atomic mass is 10.1. The van der Waals surface area contributed by atoms with Crippen molar-refractivity contribution in [2.24, 2.45) is 0 Å². The van der Waals surface area contributed by atoms with Crippen molar-refractivity contribution in [2.75, 3.05) is 25.0 Å². The van der Waals surface area contributed by atoms with Gasteiger partial charge in [-0.15, -0.1) is 0 Å². The monoisotopic (exact) mass is 274 g/mol. The highest BCUT2D eigenvalue weighted by Gasteiger charge is 2.22. The molecule has 2 rings (SSSR count). The molecule has 1 saturated heterocycles. The average Bonchev–Trinajstić information content (AvgIpc) is 2.92. The number of nitro benzene ring substituents is 1. The molecule has 1 heterocycles. The normalized spacial score (nSPS) is 18.7. The summed E-state index contributed by atoms with van der Waals surface area (Å²) in [5.74, 6) is 0. The molecule has 0 amide bonds. The Kier molecular flexibility index (Phi) is 4.53. The van der Waals surface area contributed by atoms with E-state index in [9.17, 15) is 10.1 Å². The number of nitrogens with zero attached hydrogens (tertiary/aromatic N) is 3. The number of likely N-dealkylation sites (N-methyl/N-ethyl adjacent to an activating group) is 1. The van der Waals surface area contributed by atoms with E-state index in [1.807, 2.05) is 6.07 Å². The second kappa shape index (κ2) is 6.35. The topological polar surface area (TPSA) is 82.2 Å². The summed E-state index contributed by atoms with van der Waals surface area (Å²) in [6.07, 6.45) is 2.35. The molecule has 106 valence electrons. The van der Waals surface area contributed by atoms with Crippen LogP contribution in [-0.4, -0.2) is 35.5 Å². The Bertz CT molecular complexity index is 538. The van der Waals surface area contributed by atoms with Crippen LogP contribution in [0.15, 0.2) is 18.2 Å². The number of nitriles is 1. The number of hydrogen-bond acceptors (Lipinski definition) is 5. The van der Waals surface area contributed by atoms with E-state index in [4.69, 9.17) is 5.26 Å². The third kappa shape index (κ3) is 3.06. The Morgan fingerprint density at radius 3 is 3.05 bits per heavy atom. The van der Waals surface area contributed by atoms with E-state index in [1.54, 1.807) is 6.07 Å². The van der Waals surface area contributed by atoms with E-state index in [2.05, 4.69) is 17.1 Å². The van der Waals surface area contributed by atoms with Crippen LogP contribution in [0, 0.1) is 21.4 Å². The van der Waals surface area contributed by atoms with Crippen molar-refractivity contribution < 1.29 is 4.92 Å². The van der Waals surface area contributed by atoms with Crippen molar-refractivity contribution >= 4 is 11.4 Å². The lowest BCUT2D eigenvalue weighted by Crippen LogP contribution is -2.34. The summed E-state index contributed by atoms with van der Waals surface area (Å²) in [5.41, 5.74) is 0.935. The number of hydrogen-bond donors (Lipinski definition) is 1. The molecular formula is C14H18N4O2. The molecule has 1 fully saturated rings. The fourth-order valence-corrected chi connectivity index (χ4v) is 2.66. The maximum Gasteiger partial charge on any atom is 0.270 e. The number of likely N-dealkylation sites (tertiary alicyclic amines) is 1. The largest absolute Gasteiger partial charge is 0.382 e. The number of nitrogens with one attached hydrogen (secondary N) is 1. The molecule has 1 atom stereocenters. The minimum atomic E-state index is -0.486. The van der Waals surface area contributed by atoms with Crippen LogP contribution < -0.4 is 5.32 Å². The van der Waals surface area contributed by atoms with E-state index in [-0.39, 0.29) is 5.69 Å². The molecular weight excluding hydrogens is 256 g/mol. The van der Waals surface area contributed by atoms with E-state index in [0.29, 0.717) is 17.3 Å². The summed E-state index contributed by atoms with van der Waals surface area (Å²) < 4.78 is 0. The van der Waals surface area contributed by atoms with Gasteiger partial charge in [0.25, 0.3) is 5.69 Å². The third-order valence-corrected chi connectivity index (χ3v) is 3.77. The Morgan fingerprint density at radius 2 is 2.40 bits per heavy atom. The second-order valence-corrected chi connectivity index (χ2v) is 4.90. The van der Waals surface area contributed by atoms with Gasteiger partial charge >= 0.3 is 0 Å². The molecule has 1 aliphatic rings. The second-order valence-electron chi connectivity index (χ2n) is 4.90. The smallest absolute Gasteiger partial charge is 0.270 e. The van der Waals surface area contributed by atoms with Gasteiger partial charge in [0.2, 0.25) is 0 Å². The standard InChI is InChI=1S/C14H18N4O2/c1-2-17-7-3-4-13(17)10-16-14-6-5-12(18(19)20)8-11(14)9-15/h5-6,8,13,16H,2-4,7,10H2,1H3. The van der Waals surface area contributed by atoms with Crippen LogP contribution in [0.2, 0.25) is 0 Å². The van der Waals surface area contributed by atoms with Gasteiger partial charge in [0.05, 0.1) is 16.2 Å². The van der Waals surface area contributed by atoms with Crippen molar-refractivity contribution in [3.8, 4) is 6.07 Å². The first-order chi connectivity index (χ1) is 9.65. The molecule has 1 aliphatic heterocycles. The van der Waals surface area contributed by atoms with Crippen LogP contribution in [0.25, 0.3) is 0 Å². The van der Waals surface area contributed by atoms with Crippen LogP contribution in [0.3, 0.4) is 0 Å². The summed E-state index contributed by atoms with van der Waals surface area (Å²) in [7, 11) is 0. The SMILES string of the molecule is CCN1CCCC1CNc1ccc([N+](=O)[O-])cc1C#N. The fourth-order valence-electron chi connectivity index (χ4n) is 2.66. The van der Waals surface area contributed by atoms with Gasteiger partial charge < -0.3 is 5.32 Å². The maximum absolute atomic E-state index is 10.7. The molecule has 20 heavy (non-hydrogen) atoms. The molecule has 0 spiro atoms. The van der Waals surface area contributed by atoms with Gasteiger partial charge in [0.1, 0.15) is 6.07 Å². The van der Waals surface area contributed by atoms with E-state index in [1.165, 1.54) is 18.6 Å². The van der Waals surface area contributed by atoms with Gasteiger partial charge in [-0.05, 0) is 32.0 Å². The van der Waals surface area contributed by atoms with E-state index in [0.717, 1.165) is 26.1 Å². The molecule has 0 aliphatic carbocycles. The summed E-state index contributed by atoms with van der Waals surface area (Å²) in [6.45, 7) is 5.05. The number of anilines is 1. The van der Waals surface area contributed by atoms with Crippen LogP contribution >= 0.6 is 0 Å². The summed E-state index contributed by atoms with van der Waals surface area (Å²) in [5, 5.41) is 23.0. The van der Waals surface area contributed by atoms with Crippen molar-refractivity contribution in [2.45, 2.75) is 25.8 Å². The Balaban J connectivity index is 2.06. The molecule has 0 saturated carbocycles. The maximum atomic E-state index is 10.7. The van der Waals surface area contributed by atoms with Crippen molar-refractivity contribution in [3.05, 3.63) is 33.9 Å². The van der Waals surface area contributed by atoms with Crippen molar-refractivity contribution in [1.82, 2.24) is 4.90 Å². The zero-order chi connectivity index (χ0) is 14.5. The Hall–Kier alpha value is -2.13. The van der Waals surface area contributed by atoms with Gasteiger partial charge in [-0.1, -0.05) is 6.92 Å². The van der Waals surface area contributed by atoms with Gasteiger partial charge in [-0.2, -0.15) is 5.26 Å². The number of non-ortho nitro benzene ring substituents is 1. The first-order valence-electron chi connectivity index (χ1n) is 6.82. The van der Waals surface area contributed by atoms with Crippen LogP contribution in [0.5, 0.6) is 0 Å². The summed E-state index contributed by atoms with van der Waals surface area (Å²) >= 11 is 0. The molecule has 0 aromatic heterocycles. The van der Waals surface area contributed by atoms with Gasteiger partial charge in [0.15, 0.2) is 0 Å². The highest BCUT2D eigenvalue weighted by atomic mass is 16.6. The molecule has 1 unspecified atom stereocenters. The highest BCUT2D eigenvalue weighted by Crippen LogP contribution is 2.23. The zero-order valence-corrected chi connectivity index (χ0v) is 11.5. The van der Waals surface area contributed by atoms with Crippen LogP contribution in [-0.2, 0) is 0 Å². The van der Waals surface area contributed by atoms with Crippen LogP contribution in [0.4, 0.5) is 11.4 Å². The first-order valence-corrected chi connectivity index (χ1v) is 6.82. The number of nitro groups is 1. The zero-order valence-electron chi connectivity index (χ0n) is 11.5. The van der Waals surface area contributed by atoms with E-state index >= 15 is 0 Å². The van der Waals surface area contributed by atoms with Gasteiger partial charge in [0, 0.05) is 24.7 Å². The summed E-state index contributed by atoms with van der Waals surface area (Å²) in [6, 6.07) is 6.84. The third-order valence-electron chi connectivity index (χ3n) is 3.77. The number of benzene rings is 1. The Morgan fingerprint density at radius 1 is 1.60 bits per heavy atom. The summed E-state index contributed by atoms with van der Waals surface area (Å²) in [4.78, 5) is 12.6. The lowest BCUT2D eigenvalue weighted by Gasteiger charge is -2.23. The minimum absolute atomic E-state index is 0.0526. The first kappa shape index (κ1) is 14.3. The molecule has 6 heteroatoms. The van der Waals surface area contributed by atoms with Gasteiger partial charge in [-0.3, -0.25) is 15.0 Å². The Labute approximate surface area is 118 Å². The molecule has 6 nitrogen and oxygen atoms in total. The minimum Gasteiger partial charge on any atom is -0.382 e. The quantitative estimate of drug-likeness (QED) is 0.658. The average molecular weight is 274 g/mol. The van der Waals surface area contributed by atoms with Crippen LogP contribution in [0.1, 0.15) is 25.3 Å². The highest BCUT2D eigenvalue weighted by molar-refractivity contribution is 5.61. The van der Waals surface area contributed by atoms with Crippen molar-refractivity contribution in [3.63, 3.8) is 0 Å². The molecule has 0 bridgehead atoms. The molecule has 0 radical (unpaired) electrons. The molecule has 1 aromatic rings. The predicted molar refractivity (Wildman–Crippen MR) is 76.6 cm³/mol. The predicted octanol–water partition coefficient (Wildman–Crippen LogP) is 2.36. The molecule has 1 aromatic carbocycles. The fraction of sp³-hybridized carbons (Fsp3) is 0.500. The van der Waals surface area contributed by atoms with Gasteiger partial charge in [-0.25, -0.2) is 0 Å². The molecule has 1 N–H and O–H groups in total. The number of rotatable bonds is 5. The van der Waals surface area contributed by atoms with E-state index < -0.39 is 4.92 Å². The lowest BCUT2D eigenvalue weighted by molar-refractivity contribution is -0.384. The van der Waals surface area contributed by atoms with Crippen molar-refractivity contribution in [1.29, 1.82) is 5.26 Å².